The van der Waals surface area contributed by atoms with Crippen LogP contribution in [0.2, 0.25) is 0 Å². The highest BCUT2D eigenvalue weighted by Crippen LogP contribution is 2.12. The molecule has 0 spiro atoms. The predicted octanol–water partition coefficient (Wildman–Crippen LogP) is 1.74. The van der Waals surface area contributed by atoms with Crippen LogP contribution in [0.25, 0.3) is 11.4 Å². The van der Waals surface area contributed by atoms with Gasteiger partial charge in [-0.3, -0.25) is 0 Å². The smallest absolute Gasteiger partial charge is 0.182 e. The fourth-order valence-corrected chi connectivity index (χ4v) is 1.24. The summed E-state index contributed by atoms with van der Waals surface area (Å²) in [7, 11) is 0. The van der Waals surface area contributed by atoms with E-state index >= 15 is 0 Å². The summed E-state index contributed by atoms with van der Waals surface area (Å²) in [5.74, 6) is 0.515. The topological polar surface area (TPSA) is 71.3 Å². The number of aromatic nitrogens is 3. The first kappa shape index (κ1) is 10.2. The van der Waals surface area contributed by atoms with Crippen LogP contribution in [-0.2, 0) is 0 Å². The third kappa shape index (κ3) is 2.03. The molecule has 5 nitrogen and oxygen atoms in total. The molecule has 0 bridgehead atoms. The number of benzene rings is 1. The van der Waals surface area contributed by atoms with Gasteiger partial charge in [-0.1, -0.05) is 35.5 Å². The first-order chi connectivity index (χ1) is 7.81. The van der Waals surface area contributed by atoms with E-state index in [1.54, 1.807) is 6.92 Å². The van der Waals surface area contributed by atoms with Crippen LogP contribution in [0.5, 0.6) is 0 Å². The van der Waals surface area contributed by atoms with Crippen LogP contribution in [-0.4, -0.2) is 26.1 Å². The lowest BCUT2D eigenvalue weighted by molar-refractivity contribution is 0.319. The lowest BCUT2D eigenvalue weighted by atomic mass is 10.2. The van der Waals surface area contributed by atoms with Gasteiger partial charge in [-0.05, 0) is 6.92 Å². The molecule has 0 radical (unpaired) electrons. The third-order valence-electron chi connectivity index (χ3n) is 2.11. The highest BCUT2D eigenvalue weighted by atomic mass is 16.4. The van der Waals surface area contributed by atoms with Gasteiger partial charge < -0.3 is 5.21 Å². The van der Waals surface area contributed by atoms with Crippen molar-refractivity contribution in [3.63, 3.8) is 0 Å². The van der Waals surface area contributed by atoms with Crippen molar-refractivity contribution in [1.82, 2.24) is 15.2 Å². The van der Waals surface area contributed by atoms with Crippen molar-refractivity contribution in [2.45, 2.75) is 6.92 Å². The molecule has 0 aliphatic carbocycles. The van der Waals surface area contributed by atoms with E-state index in [2.05, 4.69) is 20.3 Å². The number of hydrogen-bond donors (Lipinski definition) is 1. The zero-order chi connectivity index (χ0) is 11.4. The van der Waals surface area contributed by atoms with Crippen molar-refractivity contribution in [3.05, 3.63) is 42.2 Å². The molecule has 1 aromatic heterocycles. The minimum absolute atomic E-state index is 0.409. The van der Waals surface area contributed by atoms with Crippen molar-refractivity contribution in [3.8, 4) is 11.4 Å². The van der Waals surface area contributed by atoms with Crippen LogP contribution >= 0.6 is 0 Å². The summed E-state index contributed by atoms with van der Waals surface area (Å²) in [6, 6.07) is 9.51. The van der Waals surface area contributed by atoms with Gasteiger partial charge in [0.15, 0.2) is 5.82 Å². The van der Waals surface area contributed by atoms with Crippen LogP contribution in [0.4, 0.5) is 0 Å². The lowest BCUT2D eigenvalue weighted by Gasteiger charge is -2.00. The highest BCUT2D eigenvalue weighted by molar-refractivity contribution is 5.96. The van der Waals surface area contributed by atoms with Crippen molar-refractivity contribution in [2.24, 2.45) is 5.16 Å². The van der Waals surface area contributed by atoms with Gasteiger partial charge in [0, 0.05) is 5.56 Å². The number of nitrogens with zero attached hydrogens (tertiary/aromatic N) is 4. The van der Waals surface area contributed by atoms with E-state index in [0.717, 1.165) is 5.56 Å². The normalized spacial score (nSPS) is 11.4. The maximum atomic E-state index is 8.65. The quantitative estimate of drug-likeness (QED) is 0.469. The Balaban J connectivity index is 2.44. The molecule has 1 heterocycles. The Labute approximate surface area is 92.5 Å². The van der Waals surface area contributed by atoms with E-state index in [-0.39, 0.29) is 0 Å². The standard InChI is InChI=1S/C11H10N4O/c1-8(15-16)10-7-12-14-11(13-10)9-5-3-2-4-6-9/h2-7,16H,1H3/b15-8-. The molecule has 2 aromatic rings. The number of rotatable bonds is 2. The molecule has 80 valence electrons. The van der Waals surface area contributed by atoms with E-state index in [4.69, 9.17) is 5.21 Å². The van der Waals surface area contributed by atoms with Gasteiger partial charge in [-0.15, -0.1) is 5.10 Å². The van der Waals surface area contributed by atoms with Gasteiger partial charge in [0.1, 0.15) is 11.4 Å². The molecular formula is C11H10N4O. The zero-order valence-corrected chi connectivity index (χ0v) is 8.70. The first-order valence-corrected chi connectivity index (χ1v) is 4.75. The molecule has 1 N–H and O–H groups in total. The van der Waals surface area contributed by atoms with E-state index in [9.17, 15) is 0 Å². The average molecular weight is 214 g/mol. The molecule has 0 unspecified atom stereocenters. The summed E-state index contributed by atoms with van der Waals surface area (Å²) in [6.45, 7) is 1.65. The van der Waals surface area contributed by atoms with Gasteiger partial charge >= 0.3 is 0 Å². The molecule has 0 aliphatic heterocycles. The fourth-order valence-electron chi connectivity index (χ4n) is 1.24. The molecule has 0 amide bonds. The van der Waals surface area contributed by atoms with Crippen LogP contribution in [0.3, 0.4) is 0 Å². The summed E-state index contributed by atoms with van der Waals surface area (Å²) in [5, 5.41) is 19.5. The molecular weight excluding hydrogens is 204 g/mol. The molecule has 5 heteroatoms. The summed E-state index contributed by atoms with van der Waals surface area (Å²) in [6.07, 6.45) is 1.46. The molecule has 1 aromatic carbocycles. The first-order valence-electron chi connectivity index (χ1n) is 4.75. The minimum atomic E-state index is 0.409. The van der Waals surface area contributed by atoms with Crippen molar-refractivity contribution < 1.29 is 5.21 Å². The Hall–Kier alpha value is -2.30. The van der Waals surface area contributed by atoms with Crippen molar-refractivity contribution in [2.75, 3.05) is 0 Å². The van der Waals surface area contributed by atoms with Gasteiger partial charge in [-0.25, -0.2) is 4.98 Å². The summed E-state index contributed by atoms with van der Waals surface area (Å²) >= 11 is 0. The maximum Gasteiger partial charge on any atom is 0.182 e. The van der Waals surface area contributed by atoms with Gasteiger partial charge in [0.2, 0.25) is 0 Å². The molecule has 0 atom stereocenters. The van der Waals surface area contributed by atoms with E-state index in [0.29, 0.717) is 17.2 Å². The summed E-state index contributed by atoms with van der Waals surface area (Å²) in [4.78, 5) is 4.25. The van der Waals surface area contributed by atoms with Crippen LogP contribution in [0, 0.1) is 0 Å². The molecule has 0 saturated heterocycles. The minimum Gasteiger partial charge on any atom is -0.411 e. The Morgan fingerprint density at radius 3 is 2.69 bits per heavy atom. The SMILES string of the molecule is C/C(=N/O)c1cnnc(-c2ccccc2)n1. The molecule has 16 heavy (non-hydrogen) atoms. The number of hydrogen-bond acceptors (Lipinski definition) is 5. The van der Waals surface area contributed by atoms with Gasteiger partial charge in [-0.2, -0.15) is 5.10 Å². The lowest BCUT2D eigenvalue weighted by Crippen LogP contribution is -2.03. The molecule has 2 rings (SSSR count). The highest BCUT2D eigenvalue weighted by Gasteiger charge is 2.05. The third-order valence-corrected chi connectivity index (χ3v) is 2.11. The van der Waals surface area contributed by atoms with Gasteiger partial charge in [0.05, 0.1) is 6.20 Å². The van der Waals surface area contributed by atoms with E-state index in [1.165, 1.54) is 6.20 Å². The van der Waals surface area contributed by atoms with Crippen LogP contribution in [0.15, 0.2) is 41.7 Å². The van der Waals surface area contributed by atoms with Crippen molar-refractivity contribution in [1.29, 1.82) is 0 Å². The monoisotopic (exact) mass is 214 g/mol. The zero-order valence-electron chi connectivity index (χ0n) is 8.70. The molecule has 0 aliphatic rings. The second kappa shape index (κ2) is 4.48. The summed E-state index contributed by atoms with van der Waals surface area (Å²) in [5.41, 5.74) is 1.80. The fraction of sp³-hybridized carbons (Fsp3) is 0.0909. The molecule has 0 fully saturated rings. The Bertz CT molecular complexity index is 510. The number of oxime groups is 1. The molecule has 0 saturated carbocycles. The van der Waals surface area contributed by atoms with Crippen molar-refractivity contribution >= 4 is 5.71 Å². The van der Waals surface area contributed by atoms with Gasteiger partial charge in [0.25, 0.3) is 0 Å². The summed E-state index contributed by atoms with van der Waals surface area (Å²) < 4.78 is 0. The Morgan fingerprint density at radius 2 is 2.00 bits per heavy atom. The van der Waals surface area contributed by atoms with E-state index < -0.39 is 0 Å². The van der Waals surface area contributed by atoms with Crippen LogP contribution < -0.4 is 0 Å². The van der Waals surface area contributed by atoms with E-state index in [1.807, 2.05) is 30.3 Å². The predicted molar refractivity (Wildman–Crippen MR) is 59.3 cm³/mol. The second-order valence-electron chi connectivity index (χ2n) is 3.22. The largest absolute Gasteiger partial charge is 0.411 e. The average Bonchev–Trinajstić information content (AvgIpc) is 2.39. The maximum absolute atomic E-state index is 8.65. The van der Waals surface area contributed by atoms with Crippen LogP contribution in [0.1, 0.15) is 12.6 Å². The second-order valence-corrected chi connectivity index (χ2v) is 3.22. The Morgan fingerprint density at radius 1 is 1.25 bits per heavy atom. The Kier molecular flexibility index (Phi) is 2.86.